The Labute approximate surface area is 300 Å². The largest absolute Gasteiger partial charge is 0.455 e. The SMILES string of the molecule is c1ccc(N(c2ccccc2)c2ccc3c(c2)C2(c4ccccc4-3)c3ccccc3-n3c4ccccc4c4c5oc6ccccc6c5cc2c43)cc1. The van der Waals surface area contributed by atoms with Crippen LogP contribution >= 0.6 is 0 Å². The molecule has 52 heavy (non-hydrogen) atoms. The molecule has 0 fully saturated rings. The lowest BCUT2D eigenvalue weighted by molar-refractivity contribution is 0.672. The van der Waals surface area contributed by atoms with E-state index in [1.807, 2.05) is 0 Å². The van der Waals surface area contributed by atoms with Crippen LogP contribution in [0.3, 0.4) is 0 Å². The van der Waals surface area contributed by atoms with Gasteiger partial charge in [-0.2, -0.15) is 0 Å². The van der Waals surface area contributed by atoms with Crippen molar-refractivity contribution in [1.82, 2.24) is 4.57 Å². The molecular weight excluding hydrogens is 633 g/mol. The van der Waals surface area contributed by atoms with E-state index >= 15 is 0 Å². The van der Waals surface area contributed by atoms with Gasteiger partial charge >= 0.3 is 0 Å². The number of hydrogen-bond acceptors (Lipinski definition) is 2. The summed E-state index contributed by atoms with van der Waals surface area (Å²) in [6, 6.07) is 66.4. The molecule has 1 aliphatic carbocycles. The van der Waals surface area contributed by atoms with Gasteiger partial charge in [0.25, 0.3) is 0 Å². The zero-order valence-corrected chi connectivity index (χ0v) is 28.1. The number of furan rings is 1. The number of rotatable bonds is 3. The van der Waals surface area contributed by atoms with Crippen molar-refractivity contribution in [3.63, 3.8) is 0 Å². The van der Waals surface area contributed by atoms with Crippen LogP contribution in [-0.2, 0) is 5.41 Å². The van der Waals surface area contributed by atoms with Crippen LogP contribution in [0.25, 0.3) is 60.6 Å². The number of para-hydroxylation sites is 5. The van der Waals surface area contributed by atoms with E-state index in [0.717, 1.165) is 39.0 Å². The van der Waals surface area contributed by atoms with Crippen LogP contribution in [0.5, 0.6) is 0 Å². The summed E-state index contributed by atoms with van der Waals surface area (Å²) in [4.78, 5) is 2.38. The van der Waals surface area contributed by atoms with Crippen molar-refractivity contribution in [3.8, 4) is 16.8 Å². The molecule has 1 unspecified atom stereocenters. The standard InChI is InChI=1S/C49H30N2O/c1-3-15-31(16-4-1)50(32-17-5-2-6-18-32)33-27-28-35-34-19-7-10-22-39(34)49(41(35)29-33)40-23-11-13-25-44(40)51-43-24-12-8-21-37(43)46-47(51)42(49)30-38-36-20-9-14-26-45(36)52-48(38)46/h1-30H. The first-order valence-electron chi connectivity index (χ1n) is 17.9. The second-order valence-corrected chi connectivity index (χ2v) is 14.0. The van der Waals surface area contributed by atoms with Gasteiger partial charge < -0.3 is 13.9 Å². The molecule has 0 N–H and O–H groups in total. The van der Waals surface area contributed by atoms with E-state index in [4.69, 9.17) is 4.42 Å². The first-order chi connectivity index (χ1) is 25.8. The van der Waals surface area contributed by atoms with E-state index in [0.29, 0.717) is 0 Å². The van der Waals surface area contributed by atoms with Crippen molar-refractivity contribution in [1.29, 1.82) is 0 Å². The molecular formula is C49H30N2O. The summed E-state index contributed by atoms with van der Waals surface area (Å²) in [5.41, 5.74) is 16.0. The van der Waals surface area contributed by atoms with Crippen LogP contribution in [0.15, 0.2) is 186 Å². The normalized spacial score (nSPS) is 15.4. The van der Waals surface area contributed by atoms with Gasteiger partial charge in [-0.25, -0.2) is 0 Å². The lowest BCUT2D eigenvalue weighted by Crippen LogP contribution is -2.33. The van der Waals surface area contributed by atoms with Crippen molar-refractivity contribution in [2.75, 3.05) is 4.90 Å². The van der Waals surface area contributed by atoms with Gasteiger partial charge in [0.15, 0.2) is 0 Å². The quantitative estimate of drug-likeness (QED) is 0.188. The summed E-state index contributed by atoms with van der Waals surface area (Å²) in [6.45, 7) is 0. The highest BCUT2D eigenvalue weighted by Crippen LogP contribution is 2.62. The molecule has 1 aliphatic heterocycles. The lowest BCUT2D eigenvalue weighted by atomic mass is 9.65. The molecule has 10 aromatic rings. The maximum Gasteiger partial charge on any atom is 0.145 e. The molecule has 0 radical (unpaired) electrons. The molecule has 2 aromatic heterocycles. The van der Waals surface area contributed by atoms with Crippen molar-refractivity contribution in [2.24, 2.45) is 0 Å². The monoisotopic (exact) mass is 662 g/mol. The molecule has 0 amide bonds. The second-order valence-electron chi connectivity index (χ2n) is 14.0. The Morgan fingerprint density at radius 1 is 0.442 bits per heavy atom. The predicted molar refractivity (Wildman–Crippen MR) is 214 cm³/mol. The number of nitrogens with zero attached hydrogens (tertiary/aromatic N) is 2. The Bertz CT molecular complexity index is 3040. The smallest absolute Gasteiger partial charge is 0.145 e. The van der Waals surface area contributed by atoms with Crippen LogP contribution in [0.1, 0.15) is 22.3 Å². The number of benzene rings is 8. The molecule has 8 aromatic carbocycles. The zero-order valence-electron chi connectivity index (χ0n) is 28.1. The van der Waals surface area contributed by atoms with Crippen molar-refractivity contribution in [2.45, 2.75) is 5.41 Å². The van der Waals surface area contributed by atoms with Gasteiger partial charge in [-0.15, -0.1) is 0 Å². The molecule has 1 atom stereocenters. The molecule has 2 aliphatic rings. The number of anilines is 3. The summed E-state index contributed by atoms with van der Waals surface area (Å²) in [7, 11) is 0. The lowest BCUT2D eigenvalue weighted by Gasteiger charge is -2.40. The van der Waals surface area contributed by atoms with Gasteiger partial charge in [0.2, 0.25) is 0 Å². The van der Waals surface area contributed by atoms with Crippen LogP contribution < -0.4 is 4.90 Å². The van der Waals surface area contributed by atoms with E-state index < -0.39 is 5.41 Å². The highest BCUT2D eigenvalue weighted by atomic mass is 16.3. The fourth-order valence-electron chi connectivity index (χ4n) is 9.59. The zero-order chi connectivity index (χ0) is 34.0. The van der Waals surface area contributed by atoms with E-state index in [1.54, 1.807) is 0 Å². The second kappa shape index (κ2) is 10.1. The Morgan fingerprint density at radius 3 is 1.88 bits per heavy atom. The van der Waals surface area contributed by atoms with Gasteiger partial charge in [-0.1, -0.05) is 121 Å². The Kier molecular flexibility index (Phi) is 5.43. The summed E-state index contributed by atoms with van der Waals surface area (Å²) in [5, 5.41) is 4.67. The average molecular weight is 663 g/mol. The molecule has 0 saturated carbocycles. The third-order valence-electron chi connectivity index (χ3n) is 11.5. The highest BCUT2D eigenvalue weighted by molar-refractivity contribution is 6.26. The van der Waals surface area contributed by atoms with Gasteiger partial charge in [0.05, 0.1) is 27.5 Å². The molecule has 0 saturated heterocycles. The van der Waals surface area contributed by atoms with Crippen molar-refractivity contribution >= 4 is 60.8 Å². The van der Waals surface area contributed by atoms with Crippen molar-refractivity contribution < 1.29 is 4.42 Å². The first kappa shape index (κ1) is 27.9. The first-order valence-corrected chi connectivity index (χ1v) is 17.9. The molecule has 0 bridgehead atoms. The molecule has 3 heterocycles. The summed E-state index contributed by atoms with van der Waals surface area (Å²) in [5.74, 6) is 0. The van der Waals surface area contributed by atoms with E-state index in [-0.39, 0.29) is 0 Å². The molecule has 3 heteroatoms. The minimum Gasteiger partial charge on any atom is -0.455 e. The topological polar surface area (TPSA) is 21.3 Å². The molecule has 1 spiro atoms. The maximum absolute atomic E-state index is 6.82. The minimum atomic E-state index is -0.591. The third kappa shape index (κ3) is 3.40. The highest BCUT2D eigenvalue weighted by Gasteiger charge is 2.51. The van der Waals surface area contributed by atoms with Crippen LogP contribution in [0.2, 0.25) is 0 Å². The Morgan fingerprint density at radius 2 is 1.08 bits per heavy atom. The van der Waals surface area contributed by atoms with E-state index in [2.05, 4.69) is 191 Å². The summed E-state index contributed by atoms with van der Waals surface area (Å²) < 4.78 is 9.32. The van der Waals surface area contributed by atoms with Gasteiger partial charge in [0.1, 0.15) is 11.2 Å². The average Bonchev–Trinajstić information content (AvgIpc) is 3.85. The number of fused-ring (bicyclic) bond motifs is 16. The van der Waals surface area contributed by atoms with Crippen LogP contribution in [0.4, 0.5) is 17.1 Å². The fourth-order valence-corrected chi connectivity index (χ4v) is 9.59. The molecule has 12 rings (SSSR count). The van der Waals surface area contributed by atoms with Crippen LogP contribution in [0, 0.1) is 0 Å². The molecule has 242 valence electrons. The van der Waals surface area contributed by atoms with Gasteiger partial charge in [-0.3, -0.25) is 0 Å². The molecule has 3 nitrogen and oxygen atoms in total. The van der Waals surface area contributed by atoms with Crippen LogP contribution in [-0.4, -0.2) is 4.57 Å². The van der Waals surface area contributed by atoms with Gasteiger partial charge in [-0.05, 0) is 94.0 Å². The Hall–Kier alpha value is -6.84. The third-order valence-corrected chi connectivity index (χ3v) is 11.5. The van der Waals surface area contributed by atoms with E-state index in [9.17, 15) is 0 Å². The number of aromatic nitrogens is 1. The Balaban J connectivity index is 1.28. The maximum atomic E-state index is 6.82. The predicted octanol–water partition coefficient (Wildman–Crippen LogP) is 12.8. The minimum absolute atomic E-state index is 0.591. The van der Waals surface area contributed by atoms with Gasteiger partial charge in [0, 0.05) is 33.2 Å². The number of hydrogen-bond donors (Lipinski definition) is 0. The summed E-state index contributed by atoms with van der Waals surface area (Å²) in [6.07, 6.45) is 0. The van der Waals surface area contributed by atoms with Crippen molar-refractivity contribution in [3.05, 3.63) is 204 Å². The fraction of sp³-hybridized carbons (Fsp3) is 0.0204. The van der Waals surface area contributed by atoms with E-state index in [1.165, 1.54) is 60.9 Å². The summed E-state index contributed by atoms with van der Waals surface area (Å²) >= 11 is 0.